The molecule has 1 aromatic heterocycles. The molecule has 0 aliphatic heterocycles. The van der Waals surface area contributed by atoms with E-state index in [9.17, 15) is 0 Å². The molecular formula is C12H16N4. The molecule has 4 heteroatoms. The third-order valence-corrected chi connectivity index (χ3v) is 3.07. The van der Waals surface area contributed by atoms with Crippen molar-refractivity contribution >= 4 is 11.0 Å². The first-order chi connectivity index (χ1) is 7.84. The summed E-state index contributed by atoms with van der Waals surface area (Å²) in [7, 11) is 0. The van der Waals surface area contributed by atoms with Gasteiger partial charge in [0.05, 0.1) is 11.6 Å². The molecule has 2 aromatic rings. The molecule has 1 N–H and O–H groups in total. The zero-order chi connectivity index (χ0) is 11.0. The van der Waals surface area contributed by atoms with Crippen LogP contribution in [0.15, 0.2) is 24.3 Å². The number of nitrogens with zero attached hydrogens (tertiary/aromatic N) is 3. The molecule has 1 aromatic carbocycles. The highest BCUT2D eigenvalue weighted by atomic mass is 15.4. The van der Waals surface area contributed by atoms with Gasteiger partial charge in [0.15, 0.2) is 0 Å². The molecule has 0 bridgehead atoms. The fourth-order valence-corrected chi connectivity index (χ4v) is 1.92. The van der Waals surface area contributed by atoms with Crippen molar-refractivity contribution < 1.29 is 0 Å². The first-order valence-corrected chi connectivity index (χ1v) is 5.88. The molecule has 0 saturated heterocycles. The van der Waals surface area contributed by atoms with Crippen molar-refractivity contribution in [2.75, 3.05) is 6.54 Å². The molecule has 1 heterocycles. The molecule has 16 heavy (non-hydrogen) atoms. The van der Waals surface area contributed by atoms with E-state index < -0.39 is 0 Å². The van der Waals surface area contributed by atoms with Gasteiger partial charge in [-0.3, -0.25) is 0 Å². The van der Waals surface area contributed by atoms with Gasteiger partial charge in [-0.1, -0.05) is 17.3 Å². The van der Waals surface area contributed by atoms with Gasteiger partial charge in [-0.2, -0.15) is 0 Å². The number of nitrogens with one attached hydrogen (secondary N) is 1. The Kier molecular flexibility index (Phi) is 2.36. The van der Waals surface area contributed by atoms with Crippen LogP contribution in [0.4, 0.5) is 0 Å². The number of rotatable bonds is 4. The summed E-state index contributed by atoms with van der Waals surface area (Å²) in [6, 6.07) is 9.20. The van der Waals surface area contributed by atoms with Gasteiger partial charge in [0.1, 0.15) is 5.52 Å². The summed E-state index contributed by atoms with van der Waals surface area (Å²) in [6.45, 7) is 3.15. The van der Waals surface area contributed by atoms with E-state index >= 15 is 0 Å². The molecular weight excluding hydrogens is 200 g/mol. The Hall–Kier alpha value is -1.42. The lowest BCUT2D eigenvalue weighted by Crippen LogP contribution is -2.25. The van der Waals surface area contributed by atoms with Crippen LogP contribution in [0.2, 0.25) is 0 Å². The fraction of sp³-hybridized carbons (Fsp3) is 0.500. The van der Waals surface area contributed by atoms with Crippen molar-refractivity contribution in [3.63, 3.8) is 0 Å². The maximum atomic E-state index is 4.22. The van der Waals surface area contributed by atoms with Crippen LogP contribution in [0.5, 0.6) is 0 Å². The third kappa shape index (κ3) is 1.80. The molecule has 4 nitrogen and oxygen atoms in total. The predicted octanol–water partition coefficient (Wildman–Crippen LogP) is 1.74. The fourth-order valence-electron chi connectivity index (χ4n) is 1.92. The minimum absolute atomic E-state index is 0.355. The molecule has 0 amide bonds. The second-order valence-electron chi connectivity index (χ2n) is 4.55. The molecule has 1 atom stereocenters. The highest BCUT2D eigenvalue weighted by Crippen LogP contribution is 2.20. The zero-order valence-electron chi connectivity index (χ0n) is 9.43. The van der Waals surface area contributed by atoms with Crippen molar-refractivity contribution in [2.24, 2.45) is 0 Å². The van der Waals surface area contributed by atoms with Gasteiger partial charge in [-0.05, 0) is 31.9 Å². The van der Waals surface area contributed by atoms with Crippen LogP contribution in [-0.2, 0) is 0 Å². The van der Waals surface area contributed by atoms with Crippen LogP contribution < -0.4 is 5.32 Å². The number of fused-ring (bicyclic) bond motifs is 1. The van der Waals surface area contributed by atoms with E-state index in [1.54, 1.807) is 0 Å². The normalized spacial score (nSPS) is 17.8. The van der Waals surface area contributed by atoms with E-state index in [4.69, 9.17) is 0 Å². The van der Waals surface area contributed by atoms with Gasteiger partial charge in [-0.25, -0.2) is 4.68 Å². The van der Waals surface area contributed by atoms with E-state index in [-0.39, 0.29) is 0 Å². The van der Waals surface area contributed by atoms with E-state index in [1.807, 2.05) is 22.9 Å². The van der Waals surface area contributed by atoms with E-state index in [1.165, 1.54) is 12.8 Å². The summed E-state index contributed by atoms with van der Waals surface area (Å²) in [5.41, 5.74) is 2.09. The summed E-state index contributed by atoms with van der Waals surface area (Å²) in [4.78, 5) is 0. The van der Waals surface area contributed by atoms with E-state index in [0.717, 1.165) is 23.6 Å². The summed E-state index contributed by atoms with van der Waals surface area (Å²) in [5, 5.41) is 11.9. The topological polar surface area (TPSA) is 42.7 Å². The summed E-state index contributed by atoms with van der Waals surface area (Å²) >= 11 is 0. The maximum absolute atomic E-state index is 4.22. The molecule has 1 fully saturated rings. The predicted molar refractivity (Wildman–Crippen MR) is 63.3 cm³/mol. The molecule has 1 unspecified atom stereocenters. The van der Waals surface area contributed by atoms with Gasteiger partial charge < -0.3 is 5.32 Å². The van der Waals surface area contributed by atoms with Gasteiger partial charge in [0.25, 0.3) is 0 Å². The Morgan fingerprint density at radius 1 is 1.44 bits per heavy atom. The first-order valence-electron chi connectivity index (χ1n) is 5.88. The lowest BCUT2D eigenvalue weighted by Gasteiger charge is -2.12. The van der Waals surface area contributed by atoms with Crippen LogP contribution in [0.1, 0.15) is 25.8 Å². The third-order valence-electron chi connectivity index (χ3n) is 3.07. The number of aromatic nitrogens is 3. The molecule has 0 spiro atoms. The van der Waals surface area contributed by atoms with Crippen LogP contribution >= 0.6 is 0 Å². The molecule has 1 saturated carbocycles. The number of hydrogen-bond donors (Lipinski definition) is 1. The van der Waals surface area contributed by atoms with Gasteiger partial charge in [-0.15, -0.1) is 5.10 Å². The smallest absolute Gasteiger partial charge is 0.113 e. The quantitative estimate of drug-likeness (QED) is 0.846. The summed E-state index contributed by atoms with van der Waals surface area (Å²) in [5.74, 6) is 0. The highest BCUT2D eigenvalue weighted by Gasteiger charge is 2.21. The molecule has 1 aliphatic rings. The van der Waals surface area contributed by atoms with Crippen LogP contribution in [0.3, 0.4) is 0 Å². The average Bonchev–Trinajstić information content (AvgIpc) is 3.04. The minimum Gasteiger partial charge on any atom is -0.312 e. The second-order valence-corrected chi connectivity index (χ2v) is 4.55. The van der Waals surface area contributed by atoms with Crippen molar-refractivity contribution in [1.29, 1.82) is 0 Å². The average molecular weight is 216 g/mol. The molecule has 3 rings (SSSR count). The Morgan fingerprint density at radius 2 is 2.25 bits per heavy atom. The minimum atomic E-state index is 0.355. The number of hydrogen-bond acceptors (Lipinski definition) is 3. The van der Waals surface area contributed by atoms with Crippen molar-refractivity contribution in [1.82, 2.24) is 20.3 Å². The van der Waals surface area contributed by atoms with E-state index in [0.29, 0.717) is 6.04 Å². The zero-order valence-corrected chi connectivity index (χ0v) is 9.43. The summed E-state index contributed by atoms with van der Waals surface area (Å²) in [6.07, 6.45) is 2.65. The van der Waals surface area contributed by atoms with Crippen molar-refractivity contribution in [3.05, 3.63) is 24.3 Å². The van der Waals surface area contributed by atoms with Gasteiger partial charge in [0.2, 0.25) is 0 Å². The Balaban J connectivity index is 1.80. The van der Waals surface area contributed by atoms with Crippen LogP contribution in [0, 0.1) is 0 Å². The molecule has 84 valence electrons. The lowest BCUT2D eigenvalue weighted by molar-refractivity contribution is 0.453. The first kappa shape index (κ1) is 9.78. The maximum Gasteiger partial charge on any atom is 0.113 e. The van der Waals surface area contributed by atoms with Gasteiger partial charge >= 0.3 is 0 Å². The van der Waals surface area contributed by atoms with Crippen molar-refractivity contribution in [2.45, 2.75) is 31.8 Å². The SMILES string of the molecule is CC(CNC1CC1)n1nnc2ccccc21. The Morgan fingerprint density at radius 3 is 3.06 bits per heavy atom. The number of para-hydroxylation sites is 1. The highest BCUT2D eigenvalue weighted by molar-refractivity contribution is 5.73. The number of benzene rings is 1. The summed E-state index contributed by atoms with van der Waals surface area (Å²) < 4.78 is 2.00. The molecule has 1 aliphatic carbocycles. The van der Waals surface area contributed by atoms with E-state index in [2.05, 4.69) is 28.6 Å². The van der Waals surface area contributed by atoms with Crippen molar-refractivity contribution in [3.8, 4) is 0 Å². The Labute approximate surface area is 94.6 Å². The standard InChI is InChI=1S/C12H16N4/c1-9(8-13-10-6-7-10)16-12-5-3-2-4-11(12)14-15-16/h2-5,9-10,13H,6-8H2,1H3. The van der Waals surface area contributed by atoms with Crippen LogP contribution in [-0.4, -0.2) is 27.6 Å². The largest absolute Gasteiger partial charge is 0.312 e. The Bertz CT molecular complexity index is 486. The lowest BCUT2D eigenvalue weighted by atomic mass is 10.3. The van der Waals surface area contributed by atoms with Crippen LogP contribution in [0.25, 0.3) is 11.0 Å². The monoisotopic (exact) mass is 216 g/mol. The van der Waals surface area contributed by atoms with Gasteiger partial charge in [0, 0.05) is 12.6 Å². The molecule has 0 radical (unpaired) electrons. The second kappa shape index (κ2) is 3.87.